The number of benzene rings is 2. The smallest absolute Gasteiger partial charge is 0.163 e. The molecule has 0 unspecified atom stereocenters. The molecule has 0 aliphatic carbocycles. The third-order valence-corrected chi connectivity index (χ3v) is 8.82. The Morgan fingerprint density at radius 1 is 0.775 bits per heavy atom. The second-order valence-electron chi connectivity index (χ2n) is 12.4. The summed E-state index contributed by atoms with van der Waals surface area (Å²) in [6.07, 6.45) is 3.76. The molecule has 0 saturated carbocycles. The number of rotatable bonds is 8. The molecule has 4 aliphatic heterocycles. The largest absolute Gasteiger partial charge is 0.377 e. The Bertz CT molecular complexity index is 1080. The van der Waals surface area contributed by atoms with Crippen molar-refractivity contribution in [3.05, 3.63) is 71.8 Å². The summed E-state index contributed by atoms with van der Waals surface area (Å²) in [5.41, 5.74) is 1.88. The molecule has 40 heavy (non-hydrogen) atoms. The highest BCUT2D eigenvalue weighted by Gasteiger charge is 2.55. The first kappa shape index (κ1) is 28.3. The van der Waals surface area contributed by atoms with E-state index in [4.69, 9.17) is 33.2 Å². The Balaban J connectivity index is 1.12. The molecule has 2 aromatic carbocycles. The summed E-state index contributed by atoms with van der Waals surface area (Å²) in [7, 11) is 0. The van der Waals surface area contributed by atoms with Gasteiger partial charge in [-0.1, -0.05) is 60.7 Å². The van der Waals surface area contributed by atoms with Crippen LogP contribution < -0.4 is 0 Å². The molecule has 8 atom stereocenters. The Kier molecular flexibility index (Phi) is 8.61. The summed E-state index contributed by atoms with van der Waals surface area (Å²) in [4.78, 5) is 0. The molecule has 0 amide bonds. The molecule has 0 N–H and O–H groups in total. The molecule has 0 aromatic heterocycles. The predicted octanol–water partition coefficient (Wildman–Crippen LogP) is 5.58. The second kappa shape index (κ2) is 12.2. The van der Waals surface area contributed by atoms with E-state index in [9.17, 15) is 0 Å². The Hall–Kier alpha value is -1.84. The van der Waals surface area contributed by atoms with E-state index in [2.05, 4.69) is 31.2 Å². The molecule has 2 aromatic rings. The van der Waals surface area contributed by atoms with Crippen LogP contribution in [0.2, 0.25) is 0 Å². The third kappa shape index (κ3) is 6.62. The van der Waals surface area contributed by atoms with Crippen LogP contribution in [0.1, 0.15) is 64.0 Å². The van der Waals surface area contributed by atoms with E-state index in [1.807, 2.05) is 50.2 Å². The van der Waals surface area contributed by atoms with Crippen molar-refractivity contribution >= 4 is 0 Å². The molecule has 0 spiro atoms. The van der Waals surface area contributed by atoms with Crippen LogP contribution in [0.25, 0.3) is 0 Å². The van der Waals surface area contributed by atoms with Gasteiger partial charge >= 0.3 is 0 Å². The molecule has 6 rings (SSSR count). The van der Waals surface area contributed by atoms with Gasteiger partial charge in [-0.3, -0.25) is 0 Å². The molecule has 4 fully saturated rings. The van der Waals surface area contributed by atoms with Gasteiger partial charge in [-0.05, 0) is 51.2 Å². The minimum atomic E-state index is -0.580. The Morgan fingerprint density at radius 3 is 2.17 bits per heavy atom. The van der Waals surface area contributed by atoms with Crippen molar-refractivity contribution in [2.45, 2.75) is 120 Å². The topological polar surface area (TPSA) is 64.6 Å². The van der Waals surface area contributed by atoms with Gasteiger partial charge < -0.3 is 33.2 Å². The van der Waals surface area contributed by atoms with E-state index in [0.717, 1.165) is 37.7 Å². The van der Waals surface area contributed by atoms with E-state index in [0.29, 0.717) is 26.4 Å². The fourth-order valence-corrected chi connectivity index (χ4v) is 6.66. The first-order chi connectivity index (χ1) is 19.4. The summed E-state index contributed by atoms with van der Waals surface area (Å²) in [5, 5.41) is 0. The quantitative estimate of drug-likeness (QED) is 0.396. The summed E-state index contributed by atoms with van der Waals surface area (Å²) < 4.78 is 45.1. The van der Waals surface area contributed by atoms with E-state index in [-0.39, 0.29) is 42.7 Å². The fraction of sp³-hybridized carbons (Fsp3) is 0.636. The number of fused-ring (bicyclic) bond motifs is 3. The van der Waals surface area contributed by atoms with E-state index in [1.165, 1.54) is 5.56 Å². The Labute approximate surface area is 238 Å². The molecule has 4 saturated heterocycles. The average Bonchev–Trinajstić information content (AvgIpc) is 3.11. The van der Waals surface area contributed by atoms with Crippen molar-refractivity contribution in [2.75, 3.05) is 13.2 Å². The zero-order valence-electron chi connectivity index (χ0n) is 24.0. The van der Waals surface area contributed by atoms with Crippen molar-refractivity contribution in [2.24, 2.45) is 0 Å². The SMILES string of the molecule is CC1(C)OC[C@H]2O[C@H]3C[C@H]4O[C@@H](CCOCc5ccccc5)[C@H](OCc5ccccc5)C[C@]4(C)O[C@@H]3CC[C@@H]2O1. The van der Waals surface area contributed by atoms with Gasteiger partial charge in [-0.25, -0.2) is 0 Å². The van der Waals surface area contributed by atoms with Crippen LogP contribution in [-0.2, 0) is 46.4 Å². The van der Waals surface area contributed by atoms with E-state index < -0.39 is 11.4 Å². The van der Waals surface area contributed by atoms with Crippen LogP contribution in [0.4, 0.5) is 0 Å². The standard InChI is InChI=1S/C33H44O7/c1-32(2)36-22-30-27(39-32)15-14-26-28(37-30)18-31-33(3,40-26)19-29(35-21-24-12-8-5-9-13-24)25(38-31)16-17-34-20-23-10-6-4-7-11-23/h4-13,25-31H,14-22H2,1-3H3/t25-,26+,27-,28-,29+,30+,31+,33-/m0/s1. The van der Waals surface area contributed by atoms with Crippen molar-refractivity contribution in [1.82, 2.24) is 0 Å². The zero-order chi connectivity index (χ0) is 27.6. The van der Waals surface area contributed by atoms with Gasteiger partial charge in [-0.2, -0.15) is 0 Å². The summed E-state index contributed by atoms with van der Waals surface area (Å²) >= 11 is 0. The van der Waals surface area contributed by atoms with Crippen LogP contribution in [0.3, 0.4) is 0 Å². The third-order valence-electron chi connectivity index (χ3n) is 8.82. The minimum Gasteiger partial charge on any atom is -0.377 e. The van der Waals surface area contributed by atoms with Crippen LogP contribution >= 0.6 is 0 Å². The molecule has 0 bridgehead atoms. The highest BCUT2D eigenvalue weighted by molar-refractivity contribution is 5.14. The van der Waals surface area contributed by atoms with Crippen LogP contribution in [0.15, 0.2) is 60.7 Å². The predicted molar refractivity (Wildman–Crippen MR) is 150 cm³/mol. The van der Waals surface area contributed by atoms with Gasteiger partial charge in [0.05, 0.1) is 62.0 Å². The van der Waals surface area contributed by atoms with Crippen LogP contribution in [0.5, 0.6) is 0 Å². The lowest BCUT2D eigenvalue weighted by Crippen LogP contribution is -2.63. The van der Waals surface area contributed by atoms with E-state index in [1.54, 1.807) is 0 Å². The normalized spacial score (nSPS) is 37.0. The van der Waals surface area contributed by atoms with Gasteiger partial charge in [-0.15, -0.1) is 0 Å². The van der Waals surface area contributed by atoms with Gasteiger partial charge in [0.1, 0.15) is 6.10 Å². The minimum absolute atomic E-state index is 0.00249. The lowest BCUT2D eigenvalue weighted by Gasteiger charge is -2.53. The summed E-state index contributed by atoms with van der Waals surface area (Å²) in [6.45, 7) is 8.42. The average molecular weight is 553 g/mol. The molecule has 4 heterocycles. The van der Waals surface area contributed by atoms with Crippen LogP contribution in [-0.4, -0.2) is 67.3 Å². The number of hydrogen-bond donors (Lipinski definition) is 0. The first-order valence-corrected chi connectivity index (χ1v) is 14.9. The number of hydrogen-bond acceptors (Lipinski definition) is 7. The maximum absolute atomic E-state index is 6.88. The first-order valence-electron chi connectivity index (χ1n) is 14.9. The summed E-state index contributed by atoms with van der Waals surface area (Å²) in [5.74, 6) is -0.580. The van der Waals surface area contributed by atoms with Gasteiger partial charge in [0.25, 0.3) is 0 Å². The lowest BCUT2D eigenvalue weighted by atomic mass is 9.79. The van der Waals surface area contributed by atoms with Crippen molar-refractivity contribution in [3.8, 4) is 0 Å². The number of ether oxygens (including phenoxy) is 7. The van der Waals surface area contributed by atoms with Gasteiger partial charge in [0.15, 0.2) is 5.79 Å². The van der Waals surface area contributed by atoms with E-state index >= 15 is 0 Å². The zero-order valence-corrected chi connectivity index (χ0v) is 24.0. The molecule has 4 aliphatic rings. The van der Waals surface area contributed by atoms with Crippen molar-refractivity contribution < 1.29 is 33.2 Å². The molecule has 7 heteroatoms. The van der Waals surface area contributed by atoms with Crippen molar-refractivity contribution in [1.29, 1.82) is 0 Å². The Morgan fingerprint density at radius 2 is 1.45 bits per heavy atom. The lowest BCUT2D eigenvalue weighted by molar-refractivity contribution is -0.326. The maximum Gasteiger partial charge on any atom is 0.163 e. The molecule has 7 nitrogen and oxygen atoms in total. The van der Waals surface area contributed by atoms with Gasteiger partial charge in [0, 0.05) is 19.4 Å². The monoisotopic (exact) mass is 552 g/mol. The molecular formula is C33H44O7. The molecular weight excluding hydrogens is 508 g/mol. The molecule has 218 valence electrons. The summed E-state index contributed by atoms with van der Waals surface area (Å²) in [6, 6.07) is 20.6. The molecule has 0 radical (unpaired) electrons. The fourth-order valence-electron chi connectivity index (χ4n) is 6.66. The highest BCUT2D eigenvalue weighted by Crippen LogP contribution is 2.45. The van der Waals surface area contributed by atoms with Gasteiger partial charge in [0.2, 0.25) is 0 Å². The maximum atomic E-state index is 6.88. The van der Waals surface area contributed by atoms with Crippen molar-refractivity contribution in [3.63, 3.8) is 0 Å². The second-order valence-corrected chi connectivity index (χ2v) is 12.4. The van der Waals surface area contributed by atoms with Crippen LogP contribution in [0, 0.1) is 0 Å². The highest BCUT2D eigenvalue weighted by atomic mass is 16.7.